The molecular weight excluding hydrogens is 540 g/mol. The first kappa shape index (κ1) is 27.9. The van der Waals surface area contributed by atoms with Crippen molar-refractivity contribution in [2.75, 3.05) is 20.8 Å². The second-order valence-corrected chi connectivity index (χ2v) is 10.3. The van der Waals surface area contributed by atoms with Gasteiger partial charge in [-0.2, -0.15) is 0 Å². The van der Waals surface area contributed by atoms with E-state index in [-0.39, 0.29) is 12.2 Å². The highest BCUT2D eigenvalue weighted by atomic mass is 32.1. The van der Waals surface area contributed by atoms with Crippen molar-refractivity contribution in [3.8, 4) is 17.2 Å². The second-order valence-electron chi connectivity index (χ2n) is 9.25. The number of benzene rings is 3. The molecule has 1 aliphatic heterocycles. The van der Waals surface area contributed by atoms with E-state index in [0.717, 1.165) is 22.4 Å². The fraction of sp³-hybridized carbons (Fsp3) is 0.219. The Hall–Kier alpha value is -4.63. The number of hydrogen-bond acceptors (Lipinski definition) is 8. The van der Waals surface area contributed by atoms with E-state index in [1.165, 1.54) is 11.3 Å². The van der Waals surface area contributed by atoms with Crippen molar-refractivity contribution in [1.29, 1.82) is 0 Å². The zero-order chi connectivity index (χ0) is 28.9. The number of carbonyl (C=O) groups excluding carboxylic acids is 1. The smallest absolute Gasteiger partial charge is 0.338 e. The van der Waals surface area contributed by atoms with Crippen molar-refractivity contribution in [3.63, 3.8) is 0 Å². The highest BCUT2D eigenvalue weighted by Crippen LogP contribution is 2.30. The zero-order valence-corrected chi connectivity index (χ0v) is 24.1. The number of rotatable bonds is 9. The minimum absolute atomic E-state index is 0.220. The van der Waals surface area contributed by atoms with Crippen molar-refractivity contribution in [2.24, 2.45) is 4.99 Å². The molecule has 0 saturated carbocycles. The van der Waals surface area contributed by atoms with E-state index in [4.69, 9.17) is 18.9 Å². The highest BCUT2D eigenvalue weighted by Gasteiger charge is 2.33. The molecule has 4 aromatic rings. The van der Waals surface area contributed by atoms with Crippen molar-refractivity contribution >= 4 is 23.4 Å². The molecule has 1 atom stereocenters. The van der Waals surface area contributed by atoms with E-state index in [1.807, 2.05) is 78.9 Å². The molecule has 5 rings (SSSR count). The molecule has 0 radical (unpaired) electrons. The van der Waals surface area contributed by atoms with Crippen LogP contribution in [0.25, 0.3) is 6.08 Å². The lowest BCUT2D eigenvalue weighted by Gasteiger charge is -2.24. The maximum Gasteiger partial charge on any atom is 0.338 e. The summed E-state index contributed by atoms with van der Waals surface area (Å²) in [6, 6.07) is 21.9. The van der Waals surface area contributed by atoms with Gasteiger partial charge in [-0.25, -0.2) is 9.79 Å². The Morgan fingerprint density at radius 3 is 2.41 bits per heavy atom. The molecule has 0 spiro atoms. The summed E-state index contributed by atoms with van der Waals surface area (Å²) < 4.78 is 24.2. The molecule has 8 nitrogen and oxygen atoms in total. The lowest BCUT2D eigenvalue weighted by Crippen LogP contribution is -2.39. The van der Waals surface area contributed by atoms with Crippen molar-refractivity contribution < 1.29 is 23.7 Å². The summed E-state index contributed by atoms with van der Waals surface area (Å²) in [5.41, 5.74) is 3.20. The van der Waals surface area contributed by atoms with Crippen molar-refractivity contribution in [1.82, 2.24) is 4.57 Å². The van der Waals surface area contributed by atoms with Crippen LogP contribution in [0.3, 0.4) is 0 Å². The Kier molecular flexibility index (Phi) is 8.35. The topological polar surface area (TPSA) is 88.4 Å². The summed E-state index contributed by atoms with van der Waals surface area (Å²) in [5, 5.41) is 0. The van der Waals surface area contributed by atoms with Crippen LogP contribution in [0.5, 0.6) is 17.2 Å². The normalized spacial score (nSPS) is 14.7. The van der Waals surface area contributed by atoms with Crippen LogP contribution < -0.4 is 29.1 Å². The molecule has 0 saturated heterocycles. The van der Waals surface area contributed by atoms with Gasteiger partial charge in [0.2, 0.25) is 0 Å². The molecule has 0 bridgehead atoms. The maximum atomic E-state index is 13.7. The van der Waals surface area contributed by atoms with Gasteiger partial charge in [0, 0.05) is 5.56 Å². The van der Waals surface area contributed by atoms with Crippen LogP contribution in [0.2, 0.25) is 0 Å². The summed E-state index contributed by atoms with van der Waals surface area (Å²) in [7, 11) is 3.23. The lowest BCUT2D eigenvalue weighted by atomic mass is 9.96. The molecule has 0 amide bonds. The average molecular weight is 571 g/mol. The van der Waals surface area contributed by atoms with E-state index in [2.05, 4.69) is 4.99 Å². The van der Waals surface area contributed by atoms with Gasteiger partial charge in [0.25, 0.3) is 5.56 Å². The third-order valence-corrected chi connectivity index (χ3v) is 7.68. The Labute approximate surface area is 241 Å². The van der Waals surface area contributed by atoms with E-state index in [0.29, 0.717) is 38.7 Å². The fourth-order valence-electron chi connectivity index (χ4n) is 4.71. The van der Waals surface area contributed by atoms with E-state index >= 15 is 0 Å². The van der Waals surface area contributed by atoms with Gasteiger partial charge in [0.15, 0.2) is 4.80 Å². The van der Waals surface area contributed by atoms with Gasteiger partial charge in [0.1, 0.15) is 23.9 Å². The summed E-state index contributed by atoms with van der Waals surface area (Å²) in [6.45, 7) is 4.07. The quantitative estimate of drug-likeness (QED) is 0.277. The Morgan fingerprint density at radius 1 is 1.00 bits per heavy atom. The minimum Gasteiger partial charge on any atom is -0.497 e. The van der Waals surface area contributed by atoms with Crippen LogP contribution >= 0.6 is 11.3 Å². The number of allylic oxidation sites excluding steroid dienone is 1. The van der Waals surface area contributed by atoms with Gasteiger partial charge in [-0.3, -0.25) is 9.36 Å². The number of methoxy groups -OCH3 is 2. The highest BCUT2D eigenvalue weighted by molar-refractivity contribution is 7.07. The van der Waals surface area contributed by atoms with E-state index in [1.54, 1.807) is 32.6 Å². The number of fused-ring (bicyclic) bond motifs is 1. The Bertz CT molecular complexity index is 1770. The molecule has 2 heterocycles. The van der Waals surface area contributed by atoms with Crippen LogP contribution in [-0.2, 0) is 16.1 Å². The first-order chi connectivity index (χ1) is 19.9. The summed E-state index contributed by atoms with van der Waals surface area (Å²) in [4.78, 5) is 31.9. The molecular formula is C32H30N2O6S. The van der Waals surface area contributed by atoms with Gasteiger partial charge in [-0.15, -0.1) is 0 Å². The largest absolute Gasteiger partial charge is 0.497 e. The average Bonchev–Trinajstić information content (AvgIpc) is 3.30. The zero-order valence-electron chi connectivity index (χ0n) is 23.2. The van der Waals surface area contributed by atoms with E-state index < -0.39 is 12.0 Å². The summed E-state index contributed by atoms with van der Waals surface area (Å²) in [6.07, 6.45) is 1.82. The molecule has 9 heteroatoms. The van der Waals surface area contributed by atoms with Crippen LogP contribution in [0, 0.1) is 0 Å². The number of nitrogens with zero attached hydrogens (tertiary/aromatic N) is 2. The van der Waals surface area contributed by atoms with Crippen LogP contribution in [0.15, 0.2) is 93.9 Å². The molecule has 1 aromatic heterocycles. The monoisotopic (exact) mass is 570 g/mol. The number of ether oxygens (including phenoxy) is 4. The van der Waals surface area contributed by atoms with Gasteiger partial charge in [-0.1, -0.05) is 53.8 Å². The molecule has 41 heavy (non-hydrogen) atoms. The molecule has 0 N–H and O–H groups in total. The lowest BCUT2D eigenvalue weighted by molar-refractivity contribution is -0.139. The standard InChI is InChI=1S/C32H30N2O6S/c1-5-39-31(36)28-20(2)33-32-34(29(28)22-9-7-6-8-10-22)30(35)27(41-32)17-21-11-13-24(14-12-21)40-19-23-18-25(37-3)15-16-26(23)38-4/h6-18,29H,5,19H2,1-4H3/b27-17-/t29-/m1/s1. The molecule has 0 fully saturated rings. The van der Waals surface area contributed by atoms with Gasteiger partial charge in [-0.05, 0) is 61.4 Å². The Balaban J connectivity index is 1.45. The van der Waals surface area contributed by atoms with Gasteiger partial charge in [0.05, 0.1) is 42.7 Å². The summed E-state index contributed by atoms with van der Waals surface area (Å²) >= 11 is 1.29. The van der Waals surface area contributed by atoms with Gasteiger partial charge >= 0.3 is 5.97 Å². The van der Waals surface area contributed by atoms with Gasteiger partial charge < -0.3 is 18.9 Å². The van der Waals surface area contributed by atoms with Crippen molar-refractivity contribution in [2.45, 2.75) is 26.5 Å². The third-order valence-electron chi connectivity index (χ3n) is 6.69. The molecule has 0 aliphatic carbocycles. The number of aromatic nitrogens is 1. The number of hydrogen-bond donors (Lipinski definition) is 0. The predicted molar refractivity (Wildman–Crippen MR) is 157 cm³/mol. The molecule has 3 aromatic carbocycles. The Morgan fingerprint density at radius 2 is 1.73 bits per heavy atom. The van der Waals surface area contributed by atoms with E-state index in [9.17, 15) is 9.59 Å². The first-order valence-corrected chi connectivity index (χ1v) is 13.9. The van der Waals surface area contributed by atoms with Crippen molar-refractivity contribution in [3.05, 3.63) is 120 Å². The maximum absolute atomic E-state index is 13.7. The minimum atomic E-state index is -0.627. The second kappa shape index (κ2) is 12.3. The fourth-order valence-corrected chi connectivity index (χ4v) is 5.76. The number of esters is 1. The molecule has 210 valence electrons. The SMILES string of the molecule is CCOC(=O)C1=C(C)N=c2s/c(=C\c3ccc(OCc4cc(OC)ccc4OC)cc3)c(=O)n2[C@@H]1c1ccccc1. The predicted octanol–water partition coefficient (Wildman–Crippen LogP) is 4.39. The molecule has 1 aliphatic rings. The molecule has 0 unspecified atom stereocenters. The van der Waals surface area contributed by atoms with Crippen LogP contribution in [0.4, 0.5) is 0 Å². The first-order valence-electron chi connectivity index (χ1n) is 13.1. The third kappa shape index (κ3) is 5.81. The number of thiazole rings is 1. The summed E-state index contributed by atoms with van der Waals surface area (Å²) in [5.74, 6) is 1.64. The number of carbonyl (C=O) groups is 1. The van der Waals surface area contributed by atoms with Crippen LogP contribution in [0.1, 0.15) is 36.6 Å². The van der Waals surface area contributed by atoms with Crippen LogP contribution in [-0.4, -0.2) is 31.4 Å².